The predicted molar refractivity (Wildman–Crippen MR) is 135 cm³/mol. The molecule has 0 unspecified atom stereocenters. The van der Waals surface area contributed by atoms with E-state index in [-0.39, 0.29) is 26.4 Å². The van der Waals surface area contributed by atoms with Crippen molar-refractivity contribution in [2.75, 3.05) is 12.0 Å². The van der Waals surface area contributed by atoms with Gasteiger partial charge in [0.15, 0.2) is 11.5 Å². The highest BCUT2D eigenvalue weighted by atomic mass is 79.9. The van der Waals surface area contributed by atoms with Gasteiger partial charge in [0, 0.05) is 0 Å². The number of para-hydroxylation sites is 1. The van der Waals surface area contributed by atoms with Crippen molar-refractivity contribution in [3.8, 4) is 11.5 Å². The maximum Gasteiger partial charge on any atom is 0.339 e. The third-order valence-electron chi connectivity index (χ3n) is 5.18. The summed E-state index contributed by atoms with van der Waals surface area (Å²) in [5.41, 5.74) is 1.20. The zero-order chi connectivity index (χ0) is 26.0. The number of benzene rings is 3. The van der Waals surface area contributed by atoms with Crippen LogP contribution >= 0.6 is 15.9 Å². The van der Waals surface area contributed by atoms with E-state index in [9.17, 15) is 22.8 Å². The Morgan fingerprint density at radius 2 is 1.64 bits per heavy atom. The number of carbonyl (C=O) groups excluding carboxylic acids is 3. The fourth-order valence-corrected chi connectivity index (χ4v) is 5.01. The van der Waals surface area contributed by atoms with Gasteiger partial charge in [-0.3, -0.25) is 14.9 Å². The third-order valence-corrected chi connectivity index (χ3v) is 7.01. The fourth-order valence-electron chi connectivity index (χ4n) is 3.40. The van der Waals surface area contributed by atoms with Crippen LogP contribution in [-0.2, 0) is 19.7 Å². The van der Waals surface area contributed by atoms with Crippen molar-refractivity contribution in [2.24, 2.45) is 0 Å². The number of nitrogens with one attached hydrogen (secondary N) is 1. The van der Waals surface area contributed by atoms with E-state index in [0.717, 1.165) is 10.5 Å². The first-order valence-corrected chi connectivity index (χ1v) is 12.7. The number of methoxy groups -OCH3 is 1. The molecule has 0 saturated carbocycles. The Morgan fingerprint density at radius 1 is 0.972 bits per heavy atom. The average molecular weight is 571 g/mol. The molecule has 4 rings (SSSR count). The quantitative estimate of drug-likeness (QED) is 0.268. The molecule has 1 aliphatic rings. The van der Waals surface area contributed by atoms with Gasteiger partial charge in [0.05, 0.1) is 17.3 Å². The van der Waals surface area contributed by atoms with E-state index < -0.39 is 28.0 Å². The van der Waals surface area contributed by atoms with Crippen LogP contribution in [0.2, 0.25) is 0 Å². The van der Waals surface area contributed by atoms with Crippen LogP contribution in [0.15, 0.2) is 81.7 Å². The van der Waals surface area contributed by atoms with Gasteiger partial charge in [0.25, 0.3) is 11.8 Å². The minimum Gasteiger partial charge on any atom is -0.493 e. The van der Waals surface area contributed by atoms with Crippen molar-refractivity contribution in [3.63, 3.8) is 0 Å². The Morgan fingerprint density at radius 3 is 2.28 bits per heavy atom. The second-order valence-corrected chi connectivity index (χ2v) is 10.1. The number of amides is 4. The van der Waals surface area contributed by atoms with Crippen molar-refractivity contribution < 1.29 is 31.7 Å². The summed E-state index contributed by atoms with van der Waals surface area (Å²) in [5.74, 6) is -1.76. The van der Waals surface area contributed by atoms with Crippen molar-refractivity contribution in [3.05, 3.63) is 87.9 Å². The van der Waals surface area contributed by atoms with Crippen LogP contribution in [0, 0.1) is 6.92 Å². The summed E-state index contributed by atoms with van der Waals surface area (Å²) >= 11 is 3.28. The van der Waals surface area contributed by atoms with E-state index in [0.29, 0.717) is 11.3 Å². The second-order valence-electron chi connectivity index (χ2n) is 7.68. The molecule has 0 spiro atoms. The van der Waals surface area contributed by atoms with E-state index in [1.165, 1.54) is 37.5 Å². The molecule has 184 valence electrons. The molecule has 1 heterocycles. The molecule has 36 heavy (non-hydrogen) atoms. The highest BCUT2D eigenvalue weighted by Gasteiger charge is 2.36. The summed E-state index contributed by atoms with van der Waals surface area (Å²) in [6.45, 7) is 1.83. The fraction of sp³-hybridized carbons (Fsp3) is 0.0800. The number of carbonyl (C=O) groups is 3. The van der Waals surface area contributed by atoms with Gasteiger partial charge in [-0.2, -0.15) is 8.42 Å². The highest BCUT2D eigenvalue weighted by Crippen LogP contribution is 2.39. The average Bonchev–Trinajstić information content (AvgIpc) is 2.84. The molecule has 0 aliphatic carbocycles. The van der Waals surface area contributed by atoms with Crippen LogP contribution < -0.4 is 19.1 Å². The van der Waals surface area contributed by atoms with Gasteiger partial charge >= 0.3 is 16.1 Å². The number of nitrogens with zero attached hydrogens (tertiary/aromatic N) is 1. The standard InChI is InChI=1S/C25H19BrN2O7S/c1-15-8-10-18(11-9-15)36(32,33)35-22-20(26)13-16(14-21(22)34-2)12-19-23(29)27-25(31)28(24(19)30)17-6-4-3-5-7-17/h3-14H,1-2H3,(H,27,29,31)/b19-12+. The lowest BCUT2D eigenvalue weighted by Crippen LogP contribution is -2.54. The first kappa shape index (κ1) is 25.1. The lowest BCUT2D eigenvalue weighted by Gasteiger charge is -2.26. The molecule has 0 bridgehead atoms. The summed E-state index contributed by atoms with van der Waals surface area (Å²) in [6.07, 6.45) is 1.27. The van der Waals surface area contributed by atoms with Gasteiger partial charge < -0.3 is 8.92 Å². The number of imide groups is 2. The van der Waals surface area contributed by atoms with E-state index in [4.69, 9.17) is 8.92 Å². The Labute approximate surface area is 215 Å². The summed E-state index contributed by atoms with van der Waals surface area (Å²) in [6, 6.07) is 16.3. The molecule has 1 saturated heterocycles. The van der Waals surface area contributed by atoms with Crippen LogP contribution in [0.25, 0.3) is 6.08 Å². The molecule has 1 fully saturated rings. The van der Waals surface area contributed by atoms with Gasteiger partial charge in [-0.05, 0) is 70.9 Å². The Bertz CT molecular complexity index is 1500. The number of anilines is 1. The minimum absolute atomic E-state index is 0.0339. The molecule has 0 atom stereocenters. The summed E-state index contributed by atoms with van der Waals surface area (Å²) < 4.78 is 36.4. The highest BCUT2D eigenvalue weighted by molar-refractivity contribution is 9.10. The maximum atomic E-state index is 13.1. The number of hydrogen-bond donors (Lipinski definition) is 1. The van der Waals surface area contributed by atoms with Gasteiger partial charge in [0.2, 0.25) is 0 Å². The number of halogens is 1. The first-order valence-electron chi connectivity index (χ1n) is 10.5. The summed E-state index contributed by atoms with van der Waals surface area (Å²) in [5, 5.41) is 2.15. The van der Waals surface area contributed by atoms with Gasteiger partial charge in [-0.1, -0.05) is 35.9 Å². The zero-order valence-electron chi connectivity index (χ0n) is 19.0. The third kappa shape index (κ3) is 5.02. The number of urea groups is 1. The Hall–Kier alpha value is -3.96. The lowest BCUT2D eigenvalue weighted by atomic mass is 10.1. The number of hydrogen-bond acceptors (Lipinski definition) is 7. The molecular formula is C25H19BrN2O7S. The van der Waals surface area contributed by atoms with E-state index in [1.54, 1.807) is 42.5 Å². The number of aryl methyl sites for hydroxylation is 1. The molecule has 1 N–H and O–H groups in total. The van der Waals surface area contributed by atoms with Crippen LogP contribution in [0.1, 0.15) is 11.1 Å². The number of barbiturate groups is 1. The Kier molecular flexibility index (Phi) is 6.95. The van der Waals surface area contributed by atoms with Crippen molar-refractivity contribution in [2.45, 2.75) is 11.8 Å². The smallest absolute Gasteiger partial charge is 0.339 e. The van der Waals surface area contributed by atoms with Gasteiger partial charge in [-0.25, -0.2) is 9.69 Å². The zero-order valence-corrected chi connectivity index (χ0v) is 21.4. The molecule has 0 radical (unpaired) electrons. The topological polar surface area (TPSA) is 119 Å². The van der Waals surface area contributed by atoms with E-state index in [1.807, 2.05) is 6.92 Å². The second kappa shape index (κ2) is 9.96. The van der Waals surface area contributed by atoms with E-state index in [2.05, 4.69) is 21.2 Å². The van der Waals surface area contributed by atoms with Crippen LogP contribution in [-0.4, -0.2) is 33.4 Å². The van der Waals surface area contributed by atoms with Crippen molar-refractivity contribution >= 4 is 55.7 Å². The molecule has 4 amide bonds. The minimum atomic E-state index is -4.17. The molecule has 1 aliphatic heterocycles. The number of rotatable bonds is 6. The van der Waals surface area contributed by atoms with Crippen molar-refractivity contribution in [1.29, 1.82) is 0 Å². The van der Waals surface area contributed by atoms with Gasteiger partial charge in [-0.15, -0.1) is 0 Å². The molecule has 0 aromatic heterocycles. The largest absolute Gasteiger partial charge is 0.493 e. The van der Waals surface area contributed by atoms with Gasteiger partial charge in [0.1, 0.15) is 10.5 Å². The summed E-state index contributed by atoms with van der Waals surface area (Å²) in [7, 11) is -2.86. The van der Waals surface area contributed by atoms with Crippen molar-refractivity contribution in [1.82, 2.24) is 5.32 Å². The molecule has 3 aromatic carbocycles. The molecule has 9 nitrogen and oxygen atoms in total. The molecular weight excluding hydrogens is 552 g/mol. The lowest BCUT2D eigenvalue weighted by molar-refractivity contribution is -0.122. The summed E-state index contributed by atoms with van der Waals surface area (Å²) in [4.78, 5) is 38.7. The Balaban J connectivity index is 1.70. The molecule has 11 heteroatoms. The van der Waals surface area contributed by atoms with Crippen LogP contribution in [0.3, 0.4) is 0 Å². The SMILES string of the molecule is COc1cc(/C=C2\C(=O)NC(=O)N(c3ccccc3)C2=O)cc(Br)c1OS(=O)(=O)c1ccc(C)cc1. The molecule has 3 aromatic rings. The monoisotopic (exact) mass is 570 g/mol. The normalized spacial score (nSPS) is 15.1. The predicted octanol–water partition coefficient (Wildman–Crippen LogP) is 4.20. The van der Waals surface area contributed by atoms with Crippen LogP contribution in [0.5, 0.6) is 11.5 Å². The maximum absolute atomic E-state index is 13.1. The number of ether oxygens (including phenoxy) is 1. The van der Waals surface area contributed by atoms with E-state index >= 15 is 0 Å². The van der Waals surface area contributed by atoms with Crippen LogP contribution in [0.4, 0.5) is 10.5 Å². The first-order chi connectivity index (χ1) is 17.1.